The quantitative estimate of drug-likeness (QED) is 0.595. The third-order valence-electron chi connectivity index (χ3n) is 2.15. The van der Waals surface area contributed by atoms with E-state index >= 15 is 0 Å². The molecule has 18 heavy (non-hydrogen) atoms. The lowest BCUT2D eigenvalue weighted by Crippen LogP contribution is -1.95. The van der Waals surface area contributed by atoms with Crippen LogP contribution in [0.2, 0.25) is 0 Å². The second-order valence-corrected chi connectivity index (χ2v) is 4.26. The number of allylic oxidation sites excluding steroid dienone is 2. The number of rotatable bonds is 6. The fourth-order valence-corrected chi connectivity index (χ4v) is 1.73. The van der Waals surface area contributed by atoms with Gasteiger partial charge in [-0.2, -0.15) is 0 Å². The molecule has 1 aromatic carbocycles. The second-order valence-electron chi connectivity index (χ2n) is 3.46. The molecular weight excluding hydrogens is 275 g/mol. The first kappa shape index (κ1) is 14.7. The van der Waals surface area contributed by atoms with E-state index in [1.54, 1.807) is 24.3 Å². The van der Waals surface area contributed by atoms with Crippen LogP contribution < -0.4 is 4.74 Å². The number of carbonyl (C=O) groups excluding carboxylic acids is 2. The van der Waals surface area contributed by atoms with Crippen LogP contribution in [0.5, 0.6) is 5.75 Å². The van der Waals surface area contributed by atoms with Gasteiger partial charge in [0.1, 0.15) is 5.75 Å². The van der Waals surface area contributed by atoms with E-state index in [1.165, 1.54) is 6.08 Å². The molecule has 0 unspecified atom stereocenters. The summed E-state index contributed by atoms with van der Waals surface area (Å²) in [5, 5.41) is -1.19. The van der Waals surface area contributed by atoms with Crippen molar-refractivity contribution in [3.8, 4) is 5.75 Å². The SMILES string of the molecule is CCOc1ccc(/C(=C\C(=O)Cl)CC(=O)Cl)cc1. The van der Waals surface area contributed by atoms with Crippen LogP contribution in [0.15, 0.2) is 30.3 Å². The van der Waals surface area contributed by atoms with Crippen LogP contribution in [0.4, 0.5) is 0 Å². The maximum Gasteiger partial charge on any atom is 0.245 e. The predicted octanol–water partition coefficient (Wildman–Crippen LogP) is 3.39. The van der Waals surface area contributed by atoms with Crippen LogP contribution in [-0.4, -0.2) is 17.1 Å². The molecule has 1 aromatic rings. The average Bonchev–Trinajstić information content (AvgIpc) is 2.28. The highest BCUT2D eigenvalue weighted by Gasteiger charge is 2.08. The summed E-state index contributed by atoms with van der Waals surface area (Å²) in [4.78, 5) is 21.8. The lowest BCUT2D eigenvalue weighted by atomic mass is 10.0. The van der Waals surface area contributed by atoms with E-state index < -0.39 is 10.5 Å². The van der Waals surface area contributed by atoms with Gasteiger partial charge in [0.25, 0.3) is 0 Å². The fourth-order valence-electron chi connectivity index (χ4n) is 1.46. The van der Waals surface area contributed by atoms with Crippen molar-refractivity contribution < 1.29 is 14.3 Å². The number of benzene rings is 1. The molecule has 0 fully saturated rings. The van der Waals surface area contributed by atoms with Gasteiger partial charge in [0, 0.05) is 12.5 Å². The van der Waals surface area contributed by atoms with Gasteiger partial charge in [-0.3, -0.25) is 9.59 Å². The zero-order valence-corrected chi connectivity index (χ0v) is 11.3. The zero-order chi connectivity index (χ0) is 13.5. The van der Waals surface area contributed by atoms with Crippen molar-refractivity contribution in [2.75, 3.05) is 6.61 Å². The van der Waals surface area contributed by atoms with Gasteiger partial charge >= 0.3 is 0 Å². The Morgan fingerprint density at radius 1 is 1.22 bits per heavy atom. The minimum atomic E-state index is -0.642. The Morgan fingerprint density at radius 3 is 2.28 bits per heavy atom. The molecule has 0 aliphatic rings. The van der Waals surface area contributed by atoms with E-state index in [-0.39, 0.29) is 6.42 Å². The predicted molar refractivity (Wildman–Crippen MR) is 71.9 cm³/mol. The van der Waals surface area contributed by atoms with Gasteiger partial charge in [0.2, 0.25) is 10.5 Å². The summed E-state index contributed by atoms with van der Waals surface area (Å²) in [5.74, 6) is 0.718. The first-order valence-electron chi connectivity index (χ1n) is 5.34. The maximum absolute atomic E-state index is 10.9. The number of ether oxygens (including phenoxy) is 1. The number of hydrogen-bond acceptors (Lipinski definition) is 3. The molecule has 0 radical (unpaired) electrons. The molecule has 0 N–H and O–H groups in total. The number of hydrogen-bond donors (Lipinski definition) is 0. The van der Waals surface area contributed by atoms with Gasteiger partial charge in [-0.1, -0.05) is 12.1 Å². The first-order chi connectivity index (χ1) is 8.52. The minimum Gasteiger partial charge on any atom is -0.494 e. The Kier molecular flexibility index (Phi) is 5.89. The van der Waals surface area contributed by atoms with Crippen molar-refractivity contribution in [3.05, 3.63) is 35.9 Å². The summed E-state index contributed by atoms with van der Waals surface area (Å²) in [6.07, 6.45) is 1.14. The minimum absolute atomic E-state index is 0.0476. The van der Waals surface area contributed by atoms with Gasteiger partial charge in [0.05, 0.1) is 6.61 Å². The molecular formula is C13H12Cl2O3. The topological polar surface area (TPSA) is 43.4 Å². The van der Waals surface area contributed by atoms with Crippen molar-refractivity contribution in [3.63, 3.8) is 0 Å². The summed E-state index contributed by atoms with van der Waals surface area (Å²) in [6.45, 7) is 2.46. The van der Waals surface area contributed by atoms with Crippen LogP contribution in [0.25, 0.3) is 5.57 Å². The van der Waals surface area contributed by atoms with Crippen molar-refractivity contribution in [2.45, 2.75) is 13.3 Å². The van der Waals surface area contributed by atoms with Gasteiger partial charge in [-0.25, -0.2) is 0 Å². The summed E-state index contributed by atoms with van der Waals surface area (Å²) in [5.41, 5.74) is 1.19. The van der Waals surface area contributed by atoms with E-state index in [4.69, 9.17) is 27.9 Å². The van der Waals surface area contributed by atoms with Crippen LogP contribution in [0.1, 0.15) is 18.9 Å². The van der Waals surface area contributed by atoms with Crippen LogP contribution >= 0.6 is 23.2 Å². The van der Waals surface area contributed by atoms with Gasteiger partial charge in [0.15, 0.2) is 0 Å². The molecule has 0 heterocycles. The van der Waals surface area contributed by atoms with E-state index in [1.807, 2.05) is 6.92 Å². The van der Waals surface area contributed by atoms with E-state index in [9.17, 15) is 9.59 Å². The summed E-state index contributed by atoms with van der Waals surface area (Å²) in [6, 6.07) is 7.00. The lowest BCUT2D eigenvalue weighted by Gasteiger charge is -2.07. The number of carbonyl (C=O) groups is 2. The highest BCUT2D eigenvalue weighted by molar-refractivity contribution is 6.67. The van der Waals surface area contributed by atoms with E-state index in [0.717, 1.165) is 5.75 Å². The highest BCUT2D eigenvalue weighted by atomic mass is 35.5. The second kappa shape index (κ2) is 7.19. The van der Waals surface area contributed by atoms with Crippen molar-refractivity contribution in [1.29, 1.82) is 0 Å². The maximum atomic E-state index is 10.9. The van der Waals surface area contributed by atoms with E-state index in [2.05, 4.69) is 0 Å². The summed E-state index contributed by atoms with van der Waals surface area (Å²) >= 11 is 10.6. The van der Waals surface area contributed by atoms with Gasteiger partial charge in [-0.15, -0.1) is 0 Å². The summed E-state index contributed by atoms with van der Waals surface area (Å²) in [7, 11) is 0. The van der Waals surface area contributed by atoms with Crippen LogP contribution in [0, 0.1) is 0 Å². The normalized spacial score (nSPS) is 11.2. The molecule has 0 atom stereocenters. The van der Waals surface area contributed by atoms with Crippen LogP contribution in [0.3, 0.4) is 0 Å². The Morgan fingerprint density at radius 2 is 1.83 bits per heavy atom. The highest BCUT2D eigenvalue weighted by Crippen LogP contribution is 2.22. The average molecular weight is 287 g/mol. The molecule has 5 heteroatoms. The Bertz CT molecular complexity index is 464. The first-order valence-corrected chi connectivity index (χ1v) is 6.10. The van der Waals surface area contributed by atoms with Crippen molar-refractivity contribution >= 4 is 39.3 Å². The Hall–Kier alpha value is -1.32. The van der Waals surface area contributed by atoms with Crippen molar-refractivity contribution in [1.82, 2.24) is 0 Å². The Balaban J connectivity index is 2.98. The van der Waals surface area contributed by atoms with Gasteiger partial charge < -0.3 is 4.74 Å². The monoisotopic (exact) mass is 286 g/mol. The molecule has 0 aliphatic carbocycles. The van der Waals surface area contributed by atoms with Crippen LogP contribution in [-0.2, 0) is 9.59 Å². The molecule has 0 saturated heterocycles. The smallest absolute Gasteiger partial charge is 0.245 e. The molecule has 0 amide bonds. The zero-order valence-electron chi connectivity index (χ0n) is 9.78. The Labute approximate surface area is 115 Å². The molecule has 0 saturated carbocycles. The van der Waals surface area contributed by atoms with Gasteiger partial charge in [-0.05, 0) is 53.4 Å². The fraction of sp³-hybridized carbons (Fsp3) is 0.231. The molecule has 1 rings (SSSR count). The molecule has 96 valence electrons. The molecule has 0 bridgehead atoms. The molecule has 0 aromatic heterocycles. The number of halogens is 2. The molecule has 0 spiro atoms. The largest absolute Gasteiger partial charge is 0.494 e. The standard InChI is InChI=1S/C13H12Cl2O3/c1-2-18-11-5-3-9(4-6-11)10(7-12(14)16)8-13(15)17/h3-7H,2,8H2,1H3/b10-7-. The lowest BCUT2D eigenvalue weighted by molar-refractivity contribution is -0.110. The van der Waals surface area contributed by atoms with E-state index in [0.29, 0.717) is 17.7 Å². The van der Waals surface area contributed by atoms with Crippen molar-refractivity contribution in [2.24, 2.45) is 0 Å². The molecule has 0 aliphatic heterocycles. The molecule has 3 nitrogen and oxygen atoms in total. The third-order valence-corrected chi connectivity index (χ3v) is 2.40. The summed E-state index contributed by atoms with van der Waals surface area (Å²) < 4.78 is 5.30. The third kappa shape index (κ3) is 4.90.